The second kappa shape index (κ2) is 6.93. The molecule has 0 saturated heterocycles. The molecule has 2 aromatic rings. The molecule has 21 heavy (non-hydrogen) atoms. The van der Waals surface area contributed by atoms with Gasteiger partial charge in [0.15, 0.2) is 0 Å². The van der Waals surface area contributed by atoms with Crippen LogP contribution in [0.5, 0.6) is 0 Å². The lowest BCUT2D eigenvalue weighted by molar-refractivity contribution is 0.423. The van der Waals surface area contributed by atoms with Crippen molar-refractivity contribution in [2.24, 2.45) is 0 Å². The molecule has 0 amide bonds. The van der Waals surface area contributed by atoms with Gasteiger partial charge in [0.2, 0.25) is 5.16 Å². The highest BCUT2D eigenvalue weighted by molar-refractivity contribution is 7.99. The Morgan fingerprint density at radius 1 is 1.29 bits per heavy atom. The lowest BCUT2D eigenvalue weighted by Crippen LogP contribution is -2.10. The second-order valence-corrected chi connectivity index (χ2v) is 6.50. The van der Waals surface area contributed by atoms with Crippen LogP contribution < -0.4 is 5.32 Å². The summed E-state index contributed by atoms with van der Waals surface area (Å²) in [6.45, 7) is 3.03. The van der Waals surface area contributed by atoms with Crippen molar-refractivity contribution in [1.29, 1.82) is 0 Å². The van der Waals surface area contributed by atoms with Crippen molar-refractivity contribution >= 4 is 17.4 Å². The molecule has 1 aromatic carbocycles. The maximum atomic E-state index is 4.16. The molecule has 0 radical (unpaired) electrons. The molecule has 0 unspecified atom stereocenters. The van der Waals surface area contributed by atoms with E-state index >= 15 is 0 Å². The molecule has 3 rings (SSSR count). The van der Waals surface area contributed by atoms with Crippen LogP contribution in [0.3, 0.4) is 0 Å². The lowest BCUT2D eigenvalue weighted by atomic mass is 10.2. The van der Waals surface area contributed by atoms with Gasteiger partial charge in [0.05, 0.1) is 6.04 Å². The minimum absolute atomic E-state index is 0.506. The summed E-state index contributed by atoms with van der Waals surface area (Å²) in [6, 6.07) is 8.86. The van der Waals surface area contributed by atoms with Gasteiger partial charge < -0.3 is 5.32 Å². The fourth-order valence-electron chi connectivity index (χ4n) is 2.76. The van der Waals surface area contributed by atoms with Gasteiger partial charge in [-0.05, 0) is 41.8 Å². The molecule has 5 nitrogen and oxygen atoms in total. The molecule has 0 spiro atoms. The second-order valence-electron chi connectivity index (χ2n) is 5.43. The Hall–Kier alpha value is -1.56. The molecule has 6 heteroatoms. The van der Waals surface area contributed by atoms with Crippen molar-refractivity contribution in [3.05, 3.63) is 29.8 Å². The Balaban J connectivity index is 1.50. The minimum Gasteiger partial charge on any atom is -0.384 e. The van der Waals surface area contributed by atoms with Gasteiger partial charge in [0.1, 0.15) is 0 Å². The van der Waals surface area contributed by atoms with E-state index in [4.69, 9.17) is 0 Å². The van der Waals surface area contributed by atoms with Crippen LogP contribution in [0.15, 0.2) is 29.4 Å². The molecule has 1 fully saturated rings. The van der Waals surface area contributed by atoms with E-state index in [0.717, 1.165) is 17.5 Å². The molecule has 0 aliphatic heterocycles. The van der Waals surface area contributed by atoms with E-state index in [0.29, 0.717) is 6.04 Å². The number of hydrogen-bond donors (Lipinski definition) is 1. The van der Waals surface area contributed by atoms with Crippen molar-refractivity contribution in [2.45, 2.75) is 43.8 Å². The molecule has 1 saturated carbocycles. The first kappa shape index (κ1) is 14.4. The Morgan fingerprint density at radius 3 is 2.90 bits per heavy atom. The molecule has 112 valence electrons. The van der Waals surface area contributed by atoms with Crippen LogP contribution in [0.1, 0.15) is 37.3 Å². The van der Waals surface area contributed by atoms with Crippen LogP contribution >= 0.6 is 11.8 Å². The van der Waals surface area contributed by atoms with Gasteiger partial charge >= 0.3 is 0 Å². The predicted octanol–water partition coefficient (Wildman–Crippen LogP) is 3.30. The third kappa shape index (κ3) is 3.56. The number of nitrogens with one attached hydrogen (secondary N) is 1. The zero-order chi connectivity index (χ0) is 14.5. The van der Waals surface area contributed by atoms with Crippen molar-refractivity contribution < 1.29 is 0 Å². The van der Waals surface area contributed by atoms with E-state index in [-0.39, 0.29) is 0 Å². The summed E-state index contributed by atoms with van der Waals surface area (Å²) in [6.07, 6.45) is 5.01. The number of benzene rings is 1. The van der Waals surface area contributed by atoms with Crippen molar-refractivity contribution in [3.8, 4) is 0 Å². The third-order valence-corrected chi connectivity index (χ3v) is 4.86. The molecular formula is C15H21N5S. The standard InChI is InChI=1S/C15H21N5S/c1-12-6-2-5-9-14(12)16-10-11-21-15-17-18-19-20(15)13-7-3-4-8-13/h2,5-6,9,13,16H,3-4,7-8,10-11H2,1H3. The van der Waals surface area contributed by atoms with Crippen LogP contribution in [-0.4, -0.2) is 32.5 Å². The highest BCUT2D eigenvalue weighted by Crippen LogP contribution is 2.31. The van der Waals surface area contributed by atoms with E-state index in [9.17, 15) is 0 Å². The van der Waals surface area contributed by atoms with Crippen molar-refractivity contribution in [1.82, 2.24) is 20.2 Å². The molecule has 0 bridgehead atoms. The maximum absolute atomic E-state index is 4.16. The fourth-order valence-corrected chi connectivity index (χ4v) is 3.56. The number of rotatable bonds is 6. The third-order valence-electron chi connectivity index (χ3n) is 3.93. The number of aromatic nitrogens is 4. The van der Waals surface area contributed by atoms with E-state index in [1.54, 1.807) is 11.8 Å². The zero-order valence-electron chi connectivity index (χ0n) is 12.3. The lowest BCUT2D eigenvalue weighted by Gasteiger charge is -2.11. The van der Waals surface area contributed by atoms with Crippen molar-refractivity contribution in [2.75, 3.05) is 17.6 Å². The van der Waals surface area contributed by atoms with Gasteiger partial charge in [-0.15, -0.1) is 5.10 Å². The quantitative estimate of drug-likeness (QED) is 0.655. The Kier molecular flexibility index (Phi) is 4.75. The summed E-state index contributed by atoms with van der Waals surface area (Å²) in [5, 5.41) is 16.6. The number of thioether (sulfide) groups is 1. The first-order chi connectivity index (χ1) is 10.3. The van der Waals surface area contributed by atoms with Crippen LogP contribution in [0.25, 0.3) is 0 Å². The first-order valence-corrected chi connectivity index (χ1v) is 8.53. The van der Waals surface area contributed by atoms with Crippen molar-refractivity contribution in [3.63, 3.8) is 0 Å². The number of hydrogen-bond acceptors (Lipinski definition) is 5. The largest absolute Gasteiger partial charge is 0.384 e. The maximum Gasteiger partial charge on any atom is 0.209 e. The topological polar surface area (TPSA) is 55.6 Å². The Morgan fingerprint density at radius 2 is 2.10 bits per heavy atom. The molecule has 1 aliphatic carbocycles. The van der Waals surface area contributed by atoms with Gasteiger partial charge in [-0.25, -0.2) is 4.68 Å². The van der Waals surface area contributed by atoms with Crippen LogP contribution in [0.4, 0.5) is 5.69 Å². The predicted molar refractivity (Wildman–Crippen MR) is 85.7 cm³/mol. The van der Waals surface area contributed by atoms with E-state index in [2.05, 4.69) is 52.0 Å². The average Bonchev–Trinajstić information content (AvgIpc) is 3.16. The number of anilines is 1. The normalized spacial score (nSPS) is 15.5. The average molecular weight is 303 g/mol. The van der Waals surface area contributed by atoms with E-state index in [1.807, 2.05) is 4.68 Å². The van der Waals surface area contributed by atoms with Crippen LogP contribution in [-0.2, 0) is 0 Å². The number of para-hydroxylation sites is 1. The molecule has 1 aromatic heterocycles. The van der Waals surface area contributed by atoms with Gasteiger partial charge in [0.25, 0.3) is 0 Å². The molecule has 0 atom stereocenters. The van der Waals surface area contributed by atoms with E-state index in [1.165, 1.54) is 36.9 Å². The number of nitrogens with zero attached hydrogens (tertiary/aromatic N) is 4. The van der Waals surface area contributed by atoms with E-state index < -0.39 is 0 Å². The summed E-state index contributed by atoms with van der Waals surface area (Å²) in [5.41, 5.74) is 2.48. The minimum atomic E-state index is 0.506. The highest BCUT2D eigenvalue weighted by Gasteiger charge is 2.21. The smallest absolute Gasteiger partial charge is 0.209 e. The SMILES string of the molecule is Cc1ccccc1NCCSc1nnnn1C1CCCC1. The molecule has 1 N–H and O–H groups in total. The van der Waals surface area contributed by atoms with Gasteiger partial charge in [-0.2, -0.15) is 0 Å². The van der Waals surface area contributed by atoms with Crippen LogP contribution in [0.2, 0.25) is 0 Å². The summed E-state index contributed by atoms with van der Waals surface area (Å²) in [7, 11) is 0. The molecular weight excluding hydrogens is 282 g/mol. The monoisotopic (exact) mass is 303 g/mol. The first-order valence-electron chi connectivity index (χ1n) is 7.55. The molecule has 1 aliphatic rings. The Labute approximate surface area is 129 Å². The summed E-state index contributed by atoms with van der Waals surface area (Å²) in [4.78, 5) is 0. The van der Waals surface area contributed by atoms with Gasteiger partial charge in [0, 0.05) is 18.0 Å². The number of tetrazole rings is 1. The number of aryl methyl sites for hydroxylation is 1. The summed E-state index contributed by atoms with van der Waals surface area (Å²) < 4.78 is 2.02. The van der Waals surface area contributed by atoms with Gasteiger partial charge in [-0.1, -0.05) is 42.8 Å². The molecule has 1 heterocycles. The highest BCUT2D eigenvalue weighted by atomic mass is 32.2. The summed E-state index contributed by atoms with van der Waals surface area (Å²) >= 11 is 1.73. The van der Waals surface area contributed by atoms with Gasteiger partial charge in [-0.3, -0.25) is 0 Å². The summed E-state index contributed by atoms with van der Waals surface area (Å²) in [5.74, 6) is 0.960. The fraction of sp³-hybridized carbons (Fsp3) is 0.533. The van der Waals surface area contributed by atoms with Crippen LogP contribution in [0, 0.1) is 6.92 Å². The Bertz CT molecular complexity index is 577. The zero-order valence-corrected chi connectivity index (χ0v) is 13.1.